The summed E-state index contributed by atoms with van der Waals surface area (Å²) >= 11 is 0. The van der Waals surface area contributed by atoms with E-state index in [1.165, 1.54) is 167 Å². The van der Waals surface area contributed by atoms with Crippen molar-refractivity contribution in [3.63, 3.8) is 0 Å². The van der Waals surface area contributed by atoms with Gasteiger partial charge in [0.05, 0.1) is 6.61 Å². The van der Waals surface area contributed by atoms with Crippen LogP contribution in [-0.2, 0) is 42.9 Å². The van der Waals surface area contributed by atoms with E-state index in [2.05, 4.69) is 81.5 Å². The summed E-state index contributed by atoms with van der Waals surface area (Å²) in [5.41, 5.74) is 0. The standard InChI is InChI=1S/C75H132O12/c1-4-7-10-13-16-19-22-25-28-31-34-37-40-43-46-49-52-55-58-61-67(76)83-64-66(85-68(77)62-59-56-53-50-47-44-41-38-35-32-29-26-23-20-17-14-11-8-5-2)65-84-75-73(71(80)70(79)72(87-75)74(81)82)86-69(78)63-60-57-54-51-48-45-42-39-36-33-30-27-24-21-18-15-12-9-6-3/h16-17,19-20,25-26,28-29,34,37,66,70-73,75,79-80H,4-15,18,21-24,27,30-33,35-36,38-65H2,1-3H3,(H,81,82)/b19-16-,20-17-,28-25-,29-26-,37-34-. The number of aliphatic hydroxyl groups excluding tert-OH is 2. The number of unbranched alkanes of at least 4 members (excludes halogenated alkanes) is 39. The van der Waals surface area contributed by atoms with Gasteiger partial charge in [-0.3, -0.25) is 14.4 Å². The van der Waals surface area contributed by atoms with Crippen LogP contribution in [-0.4, -0.2) is 89.2 Å². The molecule has 0 radical (unpaired) electrons. The smallest absolute Gasteiger partial charge is 0.335 e. The van der Waals surface area contributed by atoms with E-state index < -0.39 is 67.3 Å². The van der Waals surface area contributed by atoms with Crippen molar-refractivity contribution in [2.75, 3.05) is 13.2 Å². The summed E-state index contributed by atoms with van der Waals surface area (Å²) in [6, 6.07) is 0. The summed E-state index contributed by atoms with van der Waals surface area (Å²) in [5, 5.41) is 31.7. The summed E-state index contributed by atoms with van der Waals surface area (Å²) in [4.78, 5) is 51.6. The maximum Gasteiger partial charge on any atom is 0.335 e. The summed E-state index contributed by atoms with van der Waals surface area (Å²) in [5.74, 6) is -3.11. The highest BCUT2D eigenvalue weighted by Gasteiger charge is 2.50. The minimum Gasteiger partial charge on any atom is -0.479 e. The van der Waals surface area contributed by atoms with Crippen LogP contribution in [0, 0.1) is 0 Å². The van der Waals surface area contributed by atoms with Crippen LogP contribution < -0.4 is 0 Å². The number of aliphatic hydroxyl groups is 2. The SMILES string of the molecule is CCCCC/C=C\C/C=C\C/C=C\CCCCCCCCC(=O)OCC(COC1OC(C(=O)O)C(O)C(O)C1OC(=O)CCCCCCCCCCCCCCCCCCCCC)OC(=O)CCCCCCCCCCC/C=C\C/C=C\CCCCC. The van der Waals surface area contributed by atoms with Gasteiger partial charge in [-0.05, 0) is 89.9 Å². The highest BCUT2D eigenvalue weighted by molar-refractivity contribution is 5.74. The predicted octanol–water partition coefficient (Wildman–Crippen LogP) is 20.2. The minimum atomic E-state index is -1.91. The van der Waals surface area contributed by atoms with Gasteiger partial charge in [-0.25, -0.2) is 4.79 Å². The number of carboxylic acids is 1. The molecule has 6 atom stereocenters. The molecule has 12 nitrogen and oxygen atoms in total. The quantitative estimate of drug-likeness (QED) is 0.0228. The predicted molar refractivity (Wildman–Crippen MR) is 359 cm³/mol. The molecule has 1 fully saturated rings. The lowest BCUT2D eigenvalue weighted by Gasteiger charge is -2.40. The van der Waals surface area contributed by atoms with E-state index >= 15 is 0 Å². The molecule has 1 aliphatic rings. The zero-order valence-corrected chi connectivity index (χ0v) is 56.0. The van der Waals surface area contributed by atoms with Crippen molar-refractivity contribution in [3.8, 4) is 0 Å². The number of carboxylic acid groups (broad SMARTS) is 1. The van der Waals surface area contributed by atoms with Crippen molar-refractivity contribution < 1.29 is 58.2 Å². The normalized spacial score (nSPS) is 17.6. The molecular formula is C75H132O12. The Balaban J connectivity index is 2.63. The Morgan fingerprint density at radius 2 is 0.690 bits per heavy atom. The molecule has 0 spiro atoms. The molecule has 0 amide bonds. The fraction of sp³-hybridized carbons (Fsp3) is 0.813. The van der Waals surface area contributed by atoms with E-state index in [1.807, 2.05) is 0 Å². The molecule has 0 bridgehead atoms. The topological polar surface area (TPSA) is 175 Å². The highest BCUT2D eigenvalue weighted by Crippen LogP contribution is 2.27. The second kappa shape index (κ2) is 62.6. The van der Waals surface area contributed by atoms with Crippen LogP contribution in [0.3, 0.4) is 0 Å². The minimum absolute atomic E-state index is 0.0627. The van der Waals surface area contributed by atoms with Crippen molar-refractivity contribution >= 4 is 23.9 Å². The Labute approximate surface area is 532 Å². The van der Waals surface area contributed by atoms with Crippen molar-refractivity contribution in [2.24, 2.45) is 0 Å². The lowest BCUT2D eigenvalue weighted by atomic mass is 9.98. The van der Waals surface area contributed by atoms with Crippen LogP contribution in [0.15, 0.2) is 60.8 Å². The number of carbonyl (C=O) groups excluding carboxylic acids is 3. The zero-order valence-electron chi connectivity index (χ0n) is 56.0. The van der Waals surface area contributed by atoms with E-state index in [1.54, 1.807) is 0 Å². The van der Waals surface area contributed by atoms with Crippen LogP contribution in [0.5, 0.6) is 0 Å². The van der Waals surface area contributed by atoms with Crippen LogP contribution in [0.4, 0.5) is 0 Å². The third-order valence-corrected chi connectivity index (χ3v) is 16.6. The second-order valence-electron chi connectivity index (χ2n) is 24.9. The molecule has 0 aromatic carbocycles. The van der Waals surface area contributed by atoms with Crippen LogP contribution in [0.1, 0.15) is 342 Å². The average Bonchev–Trinajstić information content (AvgIpc) is 2.56. The number of esters is 3. The molecule has 6 unspecified atom stereocenters. The second-order valence-corrected chi connectivity index (χ2v) is 24.9. The van der Waals surface area contributed by atoms with Crippen LogP contribution in [0.25, 0.3) is 0 Å². The third-order valence-electron chi connectivity index (χ3n) is 16.6. The molecule has 12 heteroatoms. The molecule has 0 aromatic rings. The lowest BCUT2D eigenvalue weighted by Crippen LogP contribution is -2.61. The number of aliphatic carboxylic acids is 1. The molecule has 1 rings (SSSR count). The summed E-state index contributed by atoms with van der Waals surface area (Å²) < 4.78 is 28.7. The number of hydrogen-bond donors (Lipinski definition) is 3. The molecule has 1 saturated heterocycles. The molecule has 0 saturated carbocycles. The third kappa shape index (κ3) is 51.8. The zero-order chi connectivity index (χ0) is 63.1. The maximum absolute atomic E-state index is 13.3. The van der Waals surface area contributed by atoms with Crippen LogP contribution >= 0.6 is 0 Å². The molecule has 3 N–H and O–H groups in total. The Kier molecular flexibility index (Phi) is 58.6. The van der Waals surface area contributed by atoms with Gasteiger partial charge in [-0.15, -0.1) is 0 Å². The number of rotatable bonds is 63. The highest BCUT2D eigenvalue weighted by atomic mass is 16.7. The van der Waals surface area contributed by atoms with E-state index in [0.29, 0.717) is 19.3 Å². The Hall–Kier alpha value is -3.58. The number of allylic oxidation sites excluding steroid dienone is 10. The maximum atomic E-state index is 13.3. The Morgan fingerprint density at radius 1 is 0.379 bits per heavy atom. The Morgan fingerprint density at radius 3 is 1.07 bits per heavy atom. The Bertz CT molecular complexity index is 1740. The monoisotopic (exact) mass is 1220 g/mol. The van der Waals surface area contributed by atoms with Crippen molar-refractivity contribution in [1.29, 1.82) is 0 Å². The number of ether oxygens (including phenoxy) is 5. The van der Waals surface area contributed by atoms with Gasteiger partial charge in [0.25, 0.3) is 0 Å². The van der Waals surface area contributed by atoms with Gasteiger partial charge in [0.1, 0.15) is 18.8 Å². The molecule has 1 heterocycles. The van der Waals surface area contributed by atoms with E-state index in [9.17, 15) is 34.5 Å². The summed E-state index contributed by atoms with van der Waals surface area (Å²) in [7, 11) is 0. The summed E-state index contributed by atoms with van der Waals surface area (Å²) in [6.07, 6.45) is 67.4. The fourth-order valence-corrected chi connectivity index (χ4v) is 11.0. The van der Waals surface area contributed by atoms with Gasteiger partial charge in [-0.2, -0.15) is 0 Å². The van der Waals surface area contributed by atoms with E-state index in [0.717, 1.165) is 116 Å². The van der Waals surface area contributed by atoms with Crippen molar-refractivity contribution in [2.45, 2.75) is 379 Å². The van der Waals surface area contributed by atoms with Gasteiger partial charge in [0, 0.05) is 19.3 Å². The molecule has 87 heavy (non-hydrogen) atoms. The van der Waals surface area contributed by atoms with Gasteiger partial charge in [0.2, 0.25) is 0 Å². The first kappa shape index (κ1) is 81.4. The van der Waals surface area contributed by atoms with Crippen molar-refractivity contribution in [3.05, 3.63) is 60.8 Å². The van der Waals surface area contributed by atoms with Gasteiger partial charge < -0.3 is 39.0 Å². The largest absolute Gasteiger partial charge is 0.479 e. The molecule has 0 aliphatic carbocycles. The van der Waals surface area contributed by atoms with Gasteiger partial charge >= 0.3 is 23.9 Å². The number of hydrogen-bond acceptors (Lipinski definition) is 11. The molecular weight excluding hydrogens is 1090 g/mol. The van der Waals surface area contributed by atoms with E-state index in [-0.39, 0.29) is 25.9 Å². The van der Waals surface area contributed by atoms with Crippen molar-refractivity contribution in [1.82, 2.24) is 0 Å². The lowest BCUT2D eigenvalue weighted by molar-refractivity contribution is -0.301. The summed E-state index contributed by atoms with van der Waals surface area (Å²) in [6.45, 7) is 6.00. The first-order chi connectivity index (χ1) is 42.6. The molecule has 0 aromatic heterocycles. The van der Waals surface area contributed by atoms with Gasteiger partial charge in [0.15, 0.2) is 24.6 Å². The number of carbonyl (C=O) groups is 4. The molecule has 1 aliphatic heterocycles. The van der Waals surface area contributed by atoms with E-state index in [4.69, 9.17) is 23.7 Å². The fourth-order valence-electron chi connectivity index (χ4n) is 11.0. The first-order valence-electron chi connectivity index (χ1n) is 36.3. The first-order valence-corrected chi connectivity index (χ1v) is 36.3. The average molecular weight is 1230 g/mol. The van der Waals surface area contributed by atoms with Gasteiger partial charge in [-0.1, -0.05) is 293 Å². The molecule has 504 valence electrons. The van der Waals surface area contributed by atoms with Crippen LogP contribution in [0.2, 0.25) is 0 Å².